The van der Waals surface area contributed by atoms with Gasteiger partial charge >= 0.3 is 0 Å². The summed E-state index contributed by atoms with van der Waals surface area (Å²) in [5.41, 5.74) is 0. The summed E-state index contributed by atoms with van der Waals surface area (Å²) in [5, 5.41) is 13.6. The van der Waals surface area contributed by atoms with Crippen molar-refractivity contribution in [3.63, 3.8) is 0 Å². The lowest BCUT2D eigenvalue weighted by molar-refractivity contribution is -0.742. The molecule has 1 aliphatic heterocycles. The van der Waals surface area contributed by atoms with Gasteiger partial charge in [-0.05, 0) is 18.8 Å². The fourth-order valence-electron chi connectivity index (χ4n) is 4.16. The molecule has 2 saturated carbocycles. The van der Waals surface area contributed by atoms with Gasteiger partial charge in [-0.3, -0.25) is 4.99 Å². The molecule has 7 nitrogen and oxygen atoms in total. The average Bonchev–Trinajstić information content (AvgIpc) is 2.63. The van der Waals surface area contributed by atoms with E-state index in [2.05, 4.69) is 4.90 Å². The maximum atomic E-state index is 8.36. The number of nitrogens with zero attached hydrogens (tertiary/aromatic N) is 3. The number of morpholine rings is 1. The van der Waals surface area contributed by atoms with E-state index in [-0.39, 0.29) is 0 Å². The minimum absolute atomic E-state index is 0.611. The molecule has 0 spiro atoms. The van der Waals surface area contributed by atoms with E-state index in [9.17, 15) is 0 Å². The van der Waals surface area contributed by atoms with Gasteiger partial charge in [0.15, 0.2) is 0 Å². The smallest absolute Gasteiger partial charge is 0.291 e. The zero-order valence-corrected chi connectivity index (χ0v) is 15.3. The topological polar surface area (TPSA) is 88.2 Å². The van der Waals surface area contributed by atoms with Crippen molar-refractivity contribution in [2.45, 2.75) is 76.7 Å². The van der Waals surface area contributed by atoms with Gasteiger partial charge in [-0.15, -0.1) is 10.1 Å². The van der Waals surface area contributed by atoms with E-state index in [1.54, 1.807) is 0 Å². The van der Waals surface area contributed by atoms with Crippen LogP contribution in [0.25, 0.3) is 0 Å². The number of ether oxygens (including phenoxy) is 1. The van der Waals surface area contributed by atoms with Gasteiger partial charge in [-0.25, -0.2) is 0 Å². The highest BCUT2D eigenvalue weighted by atomic mass is 16.9. The molecule has 1 heterocycles. The van der Waals surface area contributed by atoms with E-state index in [1.807, 2.05) is 0 Å². The second-order valence-corrected chi connectivity index (χ2v) is 7.38. The Kier molecular flexibility index (Phi) is 9.00. The molecule has 3 rings (SSSR count). The van der Waals surface area contributed by atoms with Crippen molar-refractivity contribution in [3.05, 3.63) is 10.1 Å². The minimum atomic E-state index is -1.50. The lowest BCUT2D eigenvalue weighted by atomic mass is 9.86. The van der Waals surface area contributed by atoms with Gasteiger partial charge in [0, 0.05) is 19.5 Å². The van der Waals surface area contributed by atoms with Crippen molar-refractivity contribution in [2.75, 3.05) is 26.3 Å². The second-order valence-electron chi connectivity index (χ2n) is 7.38. The van der Waals surface area contributed by atoms with Gasteiger partial charge in [-0.2, -0.15) is 0 Å². The highest BCUT2D eigenvalue weighted by Gasteiger charge is 2.23. The molecule has 0 aromatic carbocycles. The molecule has 3 fully saturated rings. The van der Waals surface area contributed by atoms with E-state index >= 15 is 0 Å². The predicted molar refractivity (Wildman–Crippen MR) is 96.7 cm³/mol. The van der Waals surface area contributed by atoms with Crippen LogP contribution in [0.2, 0.25) is 0 Å². The van der Waals surface area contributed by atoms with E-state index in [0.29, 0.717) is 6.04 Å². The highest BCUT2D eigenvalue weighted by molar-refractivity contribution is 5.83. The molecule has 0 aromatic rings. The van der Waals surface area contributed by atoms with Crippen LogP contribution in [0.1, 0.15) is 70.6 Å². The van der Waals surface area contributed by atoms with Crippen molar-refractivity contribution < 1.29 is 15.0 Å². The zero-order valence-electron chi connectivity index (χ0n) is 15.3. The van der Waals surface area contributed by atoms with Crippen LogP contribution in [-0.4, -0.2) is 53.4 Å². The van der Waals surface area contributed by atoms with Crippen LogP contribution >= 0.6 is 0 Å². The Balaban J connectivity index is 0.000000511. The molecule has 0 bridgehead atoms. The standard InChI is InChI=1S/C18H32N2O.HNO3/c1-3-7-16(8-4-1)15-18(20-11-13-21-14-12-20)19-17-9-5-2-6-10-17;2-1(3)4/h16-17H,1-15H2;(H,2,3,4)/b19-18+;. The number of hydrogen-bond donors (Lipinski definition) is 1. The summed E-state index contributed by atoms with van der Waals surface area (Å²) in [6.45, 7) is 3.87. The van der Waals surface area contributed by atoms with Gasteiger partial charge < -0.3 is 14.8 Å². The van der Waals surface area contributed by atoms with E-state index in [4.69, 9.17) is 25.1 Å². The van der Waals surface area contributed by atoms with Gasteiger partial charge in [0.2, 0.25) is 0 Å². The summed E-state index contributed by atoms with van der Waals surface area (Å²) in [5.74, 6) is 2.32. The molecule has 7 heteroatoms. The minimum Gasteiger partial charge on any atom is -0.378 e. The molecular formula is C18H33N3O4. The Bertz CT molecular complexity index is 409. The van der Waals surface area contributed by atoms with Crippen molar-refractivity contribution in [3.8, 4) is 0 Å². The fourth-order valence-corrected chi connectivity index (χ4v) is 4.16. The molecule has 0 aromatic heterocycles. The van der Waals surface area contributed by atoms with Crippen molar-refractivity contribution in [1.82, 2.24) is 4.90 Å². The van der Waals surface area contributed by atoms with Crippen LogP contribution < -0.4 is 0 Å². The maximum absolute atomic E-state index is 8.36. The molecule has 1 saturated heterocycles. The largest absolute Gasteiger partial charge is 0.378 e. The van der Waals surface area contributed by atoms with Gasteiger partial charge in [-0.1, -0.05) is 51.4 Å². The Hall–Kier alpha value is -1.37. The first-order valence-corrected chi connectivity index (χ1v) is 9.88. The number of hydrogen-bond acceptors (Lipinski definition) is 4. The Labute approximate surface area is 150 Å². The van der Waals surface area contributed by atoms with Crippen LogP contribution in [0.5, 0.6) is 0 Å². The molecule has 25 heavy (non-hydrogen) atoms. The van der Waals surface area contributed by atoms with Crippen LogP contribution in [0.4, 0.5) is 0 Å². The molecule has 0 radical (unpaired) electrons. The third kappa shape index (κ3) is 8.03. The summed E-state index contributed by atoms with van der Waals surface area (Å²) >= 11 is 0. The summed E-state index contributed by atoms with van der Waals surface area (Å²) in [7, 11) is 0. The first-order valence-electron chi connectivity index (χ1n) is 9.88. The summed E-state index contributed by atoms with van der Waals surface area (Å²) < 4.78 is 5.53. The van der Waals surface area contributed by atoms with E-state index in [1.165, 1.54) is 76.5 Å². The lowest BCUT2D eigenvalue weighted by Gasteiger charge is -2.34. The SMILES string of the molecule is C1CCC(C/C(=N\C2CCCCC2)N2CCOCC2)CC1.O=[N+]([O-])O. The van der Waals surface area contributed by atoms with Gasteiger partial charge in [0.05, 0.1) is 25.1 Å². The first kappa shape index (κ1) is 19.9. The average molecular weight is 355 g/mol. The summed E-state index contributed by atoms with van der Waals surface area (Å²) in [6, 6.07) is 0.611. The molecular weight excluding hydrogens is 322 g/mol. The first-order chi connectivity index (χ1) is 12.1. The van der Waals surface area contributed by atoms with Crippen molar-refractivity contribution >= 4 is 5.84 Å². The van der Waals surface area contributed by atoms with Crippen LogP contribution in [0, 0.1) is 16.0 Å². The molecule has 3 aliphatic rings. The number of aliphatic imine (C=N–C) groups is 1. The molecule has 0 amide bonds. The van der Waals surface area contributed by atoms with E-state index in [0.717, 1.165) is 32.2 Å². The Morgan fingerprint density at radius 1 is 1.04 bits per heavy atom. The second kappa shape index (κ2) is 11.3. The third-order valence-corrected chi connectivity index (χ3v) is 5.48. The molecule has 1 N–H and O–H groups in total. The lowest BCUT2D eigenvalue weighted by Crippen LogP contribution is -2.42. The monoisotopic (exact) mass is 355 g/mol. The van der Waals surface area contributed by atoms with Gasteiger partial charge in [0.1, 0.15) is 0 Å². The zero-order chi connectivity index (χ0) is 17.9. The maximum Gasteiger partial charge on any atom is 0.291 e. The van der Waals surface area contributed by atoms with Crippen LogP contribution in [-0.2, 0) is 4.74 Å². The van der Waals surface area contributed by atoms with Crippen molar-refractivity contribution in [1.29, 1.82) is 0 Å². The van der Waals surface area contributed by atoms with E-state index < -0.39 is 5.09 Å². The molecule has 2 aliphatic carbocycles. The van der Waals surface area contributed by atoms with Crippen LogP contribution in [0.15, 0.2) is 4.99 Å². The molecule has 144 valence electrons. The molecule has 0 atom stereocenters. The Morgan fingerprint density at radius 3 is 2.12 bits per heavy atom. The van der Waals surface area contributed by atoms with Gasteiger partial charge in [0.25, 0.3) is 5.09 Å². The highest BCUT2D eigenvalue weighted by Crippen LogP contribution is 2.28. The van der Waals surface area contributed by atoms with Crippen molar-refractivity contribution in [2.24, 2.45) is 10.9 Å². The third-order valence-electron chi connectivity index (χ3n) is 5.48. The molecule has 0 unspecified atom stereocenters. The Morgan fingerprint density at radius 2 is 1.56 bits per heavy atom. The number of amidine groups is 1. The summed E-state index contributed by atoms with van der Waals surface area (Å²) in [4.78, 5) is 16.1. The fraction of sp³-hybridized carbons (Fsp3) is 0.944. The summed E-state index contributed by atoms with van der Waals surface area (Å²) in [6.07, 6.45) is 15.2. The predicted octanol–water partition coefficient (Wildman–Crippen LogP) is 3.67. The van der Waals surface area contributed by atoms with Crippen LogP contribution in [0.3, 0.4) is 0 Å². The quantitative estimate of drug-likeness (QED) is 0.361. The number of rotatable bonds is 3. The normalized spacial score (nSPS) is 23.7.